The van der Waals surface area contributed by atoms with Crippen molar-refractivity contribution >= 4 is 5.82 Å². The van der Waals surface area contributed by atoms with Gasteiger partial charge in [-0.05, 0) is 19.3 Å². The van der Waals surface area contributed by atoms with Crippen LogP contribution in [0.1, 0.15) is 43.4 Å². The molecule has 1 heterocycles. The van der Waals surface area contributed by atoms with Gasteiger partial charge in [-0.15, -0.1) is 0 Å². The number of anilines is 1. The van der Waals surface area contributed by atoms with E-state index in [4.69, 9.17) is 11.0 Å². The molecular weight excluding hydrogens is 176 g/mol. The van der Waals surface area contributed by atoms with E-state index >= 15 is 0 Å². The zero-order chi connectivity index (χ0) is 10.1. The number of nitrogens with zero attached hydrogens (tertiary/aromatic N) is 3. The van der Waals surface area contributed by atoms with Crippen LogP contribution in [0.3, 0.4) is 0 Å². The van der Waals surface area contributed by atoms with Gasteiger partial charge in [0, 0.05) is 12.5 Å². The Morgan fingerprint density at radius 3 is 2.86 bits per heavy atom. The lowest BCUT2D eigenvalue weighted by molar-refractivity contribution is 0.602. The average Bonchev–Trinajstić information content (AvgIpc) is 2.95. The summed E-state index contributed by atoms with van der Waals surface area (Å²) in [5.41, 5.74) is 7.36. The van der Waals surface area contributed by atoms with Crippen LogP contribution in [0.15, 0.2) is 0 Å². The lowest BCUT2D eigenvalue weighted by atomic mass is 10.2. The third-order valence-corrected chi connectivity index (χ3v) is 2.53. The molecule has 0 unspecified atom stereocenters. The molecule has 0 aliphatic heterocycles. The Hall–Kier alpha value is -1.50. The molecule has 14 heavy (non-hydrogen) atoms. The minimum absolute atomic E-state index is 0.491. The normalized spacial score (nSPS) is 15.4. The van der Waals surface area contributed by atoms with E-state index in [0.29, 0.717) is 17.3 Å². The van der Waals surface area contributed by atoms with Crippen molar-refractivity contribution in [3.05, 3.63) is 11.3 Å². The molecule has 1 aliphatic carbocycles. The van der Waals surface area contributed by atoms with E-state index in [2.05, 4.69) is 18.1 Å². The number of nitrogens with two attached hydrogens (primary N) is 1. The Kier molecular flexibility index (Phi) is 2.16. The summed E-state index contributed by atoms with van der Waals surface area (Å²) in [5, 5.41) is 13.4. The van der Waals surface area contributed by atoms with Gasteiger partial charge in [-0.3, -0.25) is 0 Å². The van der Waals surface area contributed by atoms with Gasteiger partial charge in [0.1, 0.15) is 17.5 Å². The van der Waals surface area contributed by atoms with Crippen LogP contribution in [0.25, 0.3) is 0 Å². The van der Waals surface area contributed by atoms with Crippen LogP contribution in [-0.2, 0) is 6.54 Å². The SMILES string of the molecule is CCCn1nc(C2CC2)c(C#N)c1N. The molecule has 0 saturated heterocycles. The van der Waals surface area contributed by atoms with E-state index in [-0.39, 0.29) is 0 Å². The van der Waals surface area contributed by atoms with Crippen molar-refractivity contribution in [2.75, 3.05) is 5.73 Å². The zero-order valence-electron chi connectivity index (χ0n) is 8.32. The summed E-state index contributed by atoms with van der Waals surface area (Å²) in [5.74, 6) is 1.03. The number of hydrogen-bond acceptors (Lipinski definition) is 3. The summed E-state index contributed by atoms with van der Waals surface area (Å²) < 4.78 is 1.76. The van der Waals surface area contributed by atoms with Crippen molar-refractivity contribution in [1.29, 1.82) is 5.26 Å². The fourth-order valence-electron chi connectivity index (χ4n) is 1.63. The van der Waals surface area contributed by atoms with Crippen LogP contribution in [0.2, 0.25) is 0 Å². The maximum Gasteiger partial charge on any atom is 0.140 e. The molecule has 2 N–H and O–H groups in total. The van der Waals surface area contributed by atoms with Gasteiger partial charge in [0.25, 0.3) is 0 Å². The van der Waals surface area contributed by atoms with Gasteiger partial charge in [-0.25, -0.2) is 4.68 Å². The van der Waals surface area contributed by atoms with Crippen LogP contribution < -0.4 is 5.73 Å². The van der Waals surface area contributed by atoms with E-state index in [1.165, 1.54) is 0 Å². The standard InChI is InChI=1S/C10H14N4/c1-2-5-14-10(12)8(6-11)9(13-14)7-3-4-7/h7H,2-5,12H2,1H3. The number of nitrogen functional groups attached to an aromatic ring is 1. The van der Waals surface area contributed by atoms with E-state index in [0.717, 1.165) is 31.5 Å². The van der Waals surface area contributed by atoms with E-state index in [1.54, 1.807) is 4.68 Å². The van der Waals surface area contributed by atoms with Crippen LogP contribution >= 0.6 is 0 Å². The van der Waals surface area contributed by atoms with Crippen molar-refractivity contribution in [1.82, 2.24) is 9.78 Å². The van der Waals surface area contributed by atoms with Gasteiger partial charge in [-0.1, -0.05) is 6.92 Å². The Labute approximate surface area is 83.3 Å². The molecular formula is C10H14N4. The summed E-state index contributed by atoms with van der Waals surface area (Å²) in [6, 6.07) is 2.16. The van der Waals surface area contributed by atoms with Crippen molar-refractivity contribution in [2.45, 2.75) is 38.6 Å². The second kappa shape index (κ2) is 3.33. The molecule has 4 heteroatoms. The molecule has 2 rings (SSSR count). The highest BCUT2D eigenvalue weighted by atomic mass is 15.3. The van der Waals surface area contributed by atoms with E-state index in [9.17, 15) is 0 Å². The first-order valence-corrected chi connectivity index (χ1v) is 5.04. The summed E-state index contributed by atoms with van der Waals surface area (Å²) in [6.07, 6.45) is 3.29. The fraction of sp³-hybridized carbons (Fsp3) is 0.600. The molecule has 1 aliphatic rings. The number of aromatic nitrogens is 2. The molecule has 0 atom stereocenters. The predicted molar refractivity (Wildman–Crippen MR) is 53.6 cm³/mol. The minimum Gasteiger partial charge on any atom is -0.383 e. The highest BCUT2D eigenvalue weighted by molar-refractivity contribution is 5.53. The predicted octanol–water partition coefficient (Wildman–Crippen LogP) is 1.62. The molecule has 0 aromatic carbocycles. The Morgan fingerprint density at radius 2 is 2.36 bits per heavy atom. The van der Waals surface area contributed by atoms with Crippen molar-refractivity contribution in [3.8, 4) is 6.07 Å². The lowest BCUT2D eigenvalue weighted by Gasteiger charge is -1.99. The third-order valence-electron chi connectivity index (χ3n) is 2.53. The molecule has 1 aromatic heterocycles. The fourth-order valence-corrected chi connectivity index (χ4v) is 1.63. The quantitative estimate of drug-likeness (QED) is 0.787. The highest BCUT2D eigenvalue weighted by Gasteiger charge is 2.31. The van der Waals surface area contributed by atoms with Gasteiger partial charge >= 0.3 is 0 Å². The maximum atomic E-state index is 8.97. The number of aryl methyl sites for hydroxylation is 1. The first kappa shape index (κ1) is 9.07. The van der Waals surface area contributed by atoms with Crippen LogP contribution in [-0.4, -0.2) is 9.78 Å². The van der Waals surface area contributed by atoms with Gasteiger partial charge in [0.2, 0.25) is 0 Å². The molecule has 1 fully saturated rings. The van der Waals surface area contributed by atoms with E-state index in [1.807, 2.05) is 0 Å². The molecule has 0 bridgehead atoms. The number of nitriles is 1. The van der Waals surface area contributed by atoms with E-state index < -0.39 is 0 Å². The van der Waals surface area contributed by atoms with Crippen molar-refractivity contribution in [3.63, 3.8) is 0 Å². The maximum absolute atomic E-state index is 8.97. The second-order valence-corrected chi connectivity index (χ2v) is 3.75. The average molecular weight is 190 g/mol. The van der Waals surface area contributed by atoms with Crippen LogP contribution in [0.4, 0.5) is 5.82 Å². The Bertz CT molecular complexity index is 382. The smallest absolute Gasteiger partial charge is 0.140 e. The van der Waals surface area contributed by atoms with Crippen LogP contribution in [0.5, 0.6) is 0 Å². The van der Waals surface area contributed by atoms with Crippen LogP contribution in [0, 0.1) is 11.3 Å². The molecule has 0 amide bonds. The first-order chi connectivity index (χ1) is 6.77. The van der Waals surface area contributed by atoms with Gasteiger partial charge < -0.3 is 5.73 Å². The third kappa shape index (κ3) is 1.35. The molecule has 1 aromatic rings. The molecule has 1 saturated carbocycles. The zero-order valence-corrected chi connectivity index (χ0v) is 8.32. The molecule has 0 radical (unpaired) electrons. The summed E-state index contributed by atoms with van der Waals surface area (Å²) in [7, 11) is 0. The summed E-state index contributed by atoms with van der Waals surface area (Å²) in [4.78, 5) is 0. The number of rotatable bonds is 3. The second-order valence-electron chi connectivity index (χ2n) is 3.75. The minimum atomic E-state index is 0.491. The van der Waals surface area contributed by atoms with Gasteiger partial charge in [0.15, 0.2) is 0 Å². The largest absolute Gasteiger partial charge is 0.383 e. The van der Waals surface area contributed by atoms with Gasteiger partial charge in [0.05, 0.1) is 5.69 Å². The number of hydrogen-bond donors (Lipinski definition) is 1. The monoisotopic (exact) mass is 190 g/mol. The van der Waals surface area contributed by atoms with Crippen molar-refractivity contribution < 1.29 is 0 Å². The lowest BCUT2D eigenvalue weighted by Crippen LogP contribution is -2.04. The molecule has 4 nitrogen and oxygen atoms in total. The Morgan fingerprint density at radius 1 is 1.64 bits per heavy atom. The Balaban J connectivity index is 2.40. The van der Waals surface area contributed by atoms with Crippen molar-refractivity contribution in [2.24, 2.45) is 0 Å². The van der Waals surface area contributed by atoms with Gasteiger partial charge in [-0.2, -0.15) is 10.4 Å². The highest BCUT2D eigenvalue weighted by Crippen LogP contribution is 2.41. The topological polar surface area (TPSA) is 67.6 Å². The summed E-state index contributed by atoms with van der Waals surface area (Å²) >= 11 is 0. The first-order valence-electron chi connectivity index (χ1n) is 5.04. The molecule has 0 spiro atoms. The molecule has 74 valence electrons. The summed E-state index contributed by atoms with van der Waals surface area (Å²) in [6.45, 7) is 2.87.